The van der Waals surface area contributed by atoms with E-state index in [2.05, 4.69) is 15.5 Å². The third-order valence-electron chi connectivity index (χ3n) is 5.89. The van der Waals surface area contributed by atoms with Gasteiger partial charge >= 0.3 is 0 Å². The molecule has 2 aliphatic rings. The number of piperazine rings is 1. The molecule has 0 atom stereocenters. The van der Waals surface area contributed by atoms with E-state index in [1.165, 1.54) is 16.7 Å². The van der Waals surface area contributed by atoms with Crippen LogP contribution in [0.2, 0.25) is 0 Å². The van der Waals surface area contributed by atoms with Crippen molar-refractivity contribution < 1.29 is 14.4 Å². The van der Waals surface area contributed by atoms with Gasteiger partial charge in [0.15, 0.2) is 5.16 Å². The van der Waals surface area contributed by atoms with E-state index in [1.54, 1.807) is 0 Å². The zero-order valence-electron chi connectivity index (χ0n) is 17.2. The lowest BCUT2D eigenvalue weighted by atomic mass is 9.78. The van der Waals surface area contributed by atoms with Gasteiger partial charge in [-0.15, -0.1) is 10.2 Å². The summed E-state index contributed by atoms with van der Waals surface area (Å²) in [6.07, 6.45) is 3.99. The second-order valence-corrected chi connectivity index (χ2v) is 8.88. The van der Waals surface area contributed by atoms with Crippen LogP contribution in [0, 0.1) is 13.8 Å². The van der Waals surface area contributed by atoms with Crippen molar-refractivity contribution in [1.82, 2.24) is 25.0 Å². The highest BCUT2D eigenvalue weighted by Gasteiger charge is 2.50. The number of benzene rings is 1. The van der Waals surface area contributed by atoms with Crippen LogP contribution < -0.4 is 5.32 Å². The number of nitrogens with one attached hydrogen (secondary N) is 1. The zero-order valence-corrected chi connectivity index (χ0v) is 18.0. The monoisotopic (exact) mass is 427 g/mol. The third kappa shape index (κ3) is 3.74. The highest BCUT2D eigenvalue weighted by atomic mass is 32.2. The minimum atomic E-state index is -0.898. The summed E-state index contributed by atoms with van der Waals surface area (Å²) in [7, 11) is 0. The fourth-order valence-electron chi connectivity index (χ4n) is 4.29. The molecular weight excluding hydrogens is 402 g/mol. The Labute approximate surface area is 179 Å². The standard InChI is InChI=1S/C21H25N5O3S/c1-14-6-8-16(9-7-14)26-15(2)23-24-20(26)30-13-18(28)25-12-17(27)22-19(29)21(25)10-4-3-5-11-21/h6-9H,3-5,10-13H2,1-2H3,(H,22,27,29). The predicted octanol–water partition coefficient (Wildman–Crippen LogP) is 2.16. The van der Waals surface area contributed by atoms with E-state index in [0.717, 1.165) is 36.3 Å². The van der Waals surface area contributed by atoms with Crippen molar-refractivity contribution >= 4 is 29.5 Å². The molecule has 0 bridgehead atoms. The number of thioether (sulfide) groups is 1. The van der Waals surface area contributed by atoms with Crippen LogP contribution in [0.1, 0.15) is 43.5 Å². The van der Waals surface area contributed by atoms with Gasteiger partial charge < -0.3 is 4.90 Å². The first kappa shape index (κ1) is 20.6. The van der Waals surface area contributed by atoms with Crippen LogP contribution in [0.4, 0.5) is 0 Å². The molecule has 4 rings (SSSR count). The smallest absolute Gasteiger partial charge is 0.252 e. The van der Waals surface area contributed by atoms with Crippen molar-refractivity contribution in [2.45, 2.75) is 56.6 Å². The predicted molar refractivity (Wildman–Crippen MR) is 112 cm³/mol. The molecule has 1 spiro atoms. The number of carbonyl (C=O) groups excluding carboxylic acids is 3. The Bertz CT molecular complexity index is 979. The second kappa shape index (κ2) is 8.22. The number of nitrogens with zero attached hydrogens (tertiary/aromatic N) is 4. The zero-order chi connectivity index (χ0) is 21.3. The van der Waals surface area contributed by atoms with Crippen molar-refractivity contribution in [3.63, 3.8) is 0 Å². The molecule has 1 saturated carbocycles. The molecule has 9 heteroatoms. The first-order valence-corrected chi connectivity index (χ1v) is 11.2. The number of aryl methyl sites for hydroxylation is 2. The number of rotatable bonds is 4. The van der Waals surface area contributed by atoms with Crippen LogP contribution in [-0.4, -0.2) is 55.2 Å². The van der Waals surface area contributed by atoms with Crippen LogP contribution in [0.15, 0.2) is 29.4 Å². The molecule has 2 aromatic rings. The molecule has 8 nitrogen and oxygen atoms in total. The summed E-state index contributed by atoms with van der Waals surface area (Å²) in [5, 5.41) is 11.4. The molecule has 1 aromatic carbocycles. The lowest BCUT2D eigenvalue weighted by Gasteiger charge is -2.47. The molecule has 1 aliphatic heterocycles. The summed E-state index contributed by atoms with van der Waals surface area (Å²) >= 11 is 1.27. The number of amides is 3. The van der Waals surface area contributed by atoms with Gasteiger partial charge in [-0.3, -0.25) is 24.3 Å². The Morgan fingerprint density at radius 2 is 1.80 bits per heavy atom. The quantitative estimate of drug-likeness (QED) is 0.593. The molecule has 2 fully saturated rings. The summed E-state index contributed by atoms with van der Waals surface area (Å²) < 4.78 is 1.90. The maximum atomic E-state index is 13.2. The topological polar surface area (TPSA) is 97.2 Å². The highest BCUT2D eigenvalue weighted by molar-refractivity contribution is 7.99. The van der Waals surface area contributed by atoms with E-state index in [-0.39, 0.29) is 24.1 Å². The van der Waals surface area contributed by atoms with Gasteiger partial charge in [-0.05, 0) is 38.8 Å². The van der Waals surface area contributed by atoms with E-state index < -0.39 is 11.4 Å². The molecule has 1 aromatic heterocycles. The Kier molecular flexibility index (Phi) is 5.64. The van der Waals surface area contributed by atoms with E-state index in [1.807, 2.05) is 42.7 Å². The Hall–Kier alpha value is -2.68. The molecule has 2 heterocycles. The summed E-state index contributed by atoms with van der Waals surface area (Å²) in [5.74, 6) is -0.165. The number of carbonyl (C=O) groups is 3. The van der Waals surface area contributed by atoms with E-state index in [4.69, 9.17) is 0 Å². The molecular formula is C21H25N5O3S. The largest absolute Gasteiger partial charge is 0.318 e. The molecule has 3 amide bonds. The normalized spacial score (nSPS) is 18.5. The number of aromatic nitrogens is 3. The number of hydrogen-bond acceptors (Lipinski definition) is 6. The maximum absolute atomic E-state index is 13.2. The van der Waals surface area contributed by atoms with Crippen molar-refractivity contribution in [3.05, 3.63) is 35.7 Å². The fourth-order valence-corrected chi connectivity index (χ4v) is 5.17. The van der Waals surface area contributed by atoms with Gasteiger partial charge in [0.05, 0.1) is 5.75 Å². The van der Waals surface area contributed by atoms with Crippen LogP contribution in [0.3, 0.4) is 0 Å². The van der Waals surface area contributed by atoms with E-state index in [9.17, 15) is 14.4 Å². The Balaban J connectivity index is 1.54. The van der Waals surface area contributed by atoms with Gasteiger partial charge in [-0.25, -0.2) is 0 Å². The maximum Gasteiger partial charge on any atom is 0.252 e. The van der Waals surface area contributed by atoms with Gasteiger partial charge in [0.25, 0.3) is 5.91 Å². The first-order valence-electron chi connectivity index (χ1n) is 10.2. The summed E-state index contributed by atoms with van der Waals surface area (Å²) in [6.45, 7) is 3.81. The fraction of sp³-hybridized carbons (Fsp3) is 0.476. The SMILES string of the molecule is Cc1ccc(-n2c(C)nnc2SCC(=O)N2CC(=O)NC(=O)C23CCCCC3)cc1. The average Bonchev–Trinajstić information content (AvgIpc) is 3.11. The van der Waals surface area contributed by atoms with Crippen molar-refractivity contribution in [2.75, 3.05) is 12.3 Å². The first-order chi connectivity index (χ1) is 14.4. The minimum absolute atomic E-state index is 0.0746. The van der Waals surface area contributed by atoms with E-state index in [0.29, 0.717) is 18.0 Å². The van der Waals surface area contributed by atoms with Crippen LogP contribution in [0.5, 0.6) is 0 Å². The lowest BCUT2D eigenvalue weighted by molar-refractivity contribution is -0.158. The van der Waals surface area contributed by atoms with Gasteiger partial charge in [0.2, 0.25) is 11.8 Å². The summed E-state index contributed by atoms with van der Waals surface area (Å²) in [5.41, 5.74) is 1.18. The van der Waals surface area contributed by atoms with Crippen LogP contribution in [0.25, 0.3) is 5.69 Å². The molecule has 158 valence electrons. The average molecular weight is 428 g/mol. The van der Waals surface area contributed by atoms with Gasteiger partial charge in [-0.2, -0.15) is 0 Å². The van der Waals surface area contributed by atoms with Crippen LogP contribution in [-0.2, 0) is 14.4 Å². The lowest BCUT2D eigenvalue weighted by Crippen LogP contribution is -2.69. The van der Waals surface area contributed by atoms with Gasteiger partial charge in [0, 0.05) is 5.69 Å². The highest BCUT2D eigenvalue weighted by Crippen LogP contribution is 2.36. The number of imide groups is 1. The van der Waals surface area contributed by atoms with Crippen molar-refractivity contribution in [3.8, 4) is 5.69 Å². The summed E-state index contributed by atoms with van der Waals surface area (Å²) in [6, 6.07) is 8.00. The molecule has 1 saturated heterocycles. The van der Waals surface area contributed by atoms with Crippen molar-refractivity contribution in [2.24, 2.45) is 0 Å². The molecule has 30 heavy (non-hydrogen) atoms. The minimum Gasteiger partial charge on any atom is -0.318 e. The van der Waals surface area contributed by atoms with Crippen LogP contribution >= 0.6 is 11.8 Å². The Morgan fingerprint density at radius 1 is 1.10 bits per heavy atom. The molecule has 1 aliphatic carbocycles. The molecule has 0 unspecified atom stereocenters. The Morgan fingerprint density at radius 3 is 2.50 bits per heavy atom. The molecule has 0 radical (unpaired) electrons. The van der Waals surface area contributed by atoms with Crippen molar-refractivity contribution in [1.29, 1.82) is 0 Å². The van der Waals surface area contributed by atoms with Gasteiger partial charge in [-0.1, -0.05) is 48.7 Å². The van der Waals surface area contributed by atoms with Gasteiger partial charge in [0.1, 0.15) is 17.9 Å². The molecule has 1 N–H and O–H groups in total. The third-order valence-corrected chi connectivity index (χ3v) is 6.80. The second-order valence-electron chi connectivity index (χ2n) is 7.94. The summed E-state index contributed by atoms with van der Waals surface area (Å²) in [4.78, 5) is 39.3. The van der Waals surface area contributed by atoms with E-state index >= 15 is 0 Å². The number of hydrogen-bond donors (Lipinski definition) is 1.